The van der Waals surface area contributed by atoms with Crippen molar-refractivity contribution in [2.24, 2.45) is 5.92 Å². The third kappa shape index (κ3) is 6.79. The van der Waals surface area contributed by atoms with Crippen molar-refractivity contribution in [2.45, 2.75) is 58.2 Å². The molecule has 0 aliphatic heterocycles. The smallest absolute Gasteiger partial charge is 0.323 e. The molecule has 0 radical (unpaired) electrons. The molecule has 28 heavy (non-hydrogen) atoms. The summed E-state index contributed by atoms with van der Waals surface area (Å²) in [6, 6.07) is -0.319. The summed E-state index contributed by atoms with van der Waals surface area (Å²) in [4.78, 5) is 39.3. The molecular weight excluding hydrogens is 388 g/mol. The summed E-state index contributed by atoms with van der Waals surface area (Å²) in [7, 11) is 0. The highest BCUT2D eigenvalue weighted by Gasteiger charge is 2.38. The number of carboxylic acid groups (broad SMARTS) is 1. The molecule has 1 fully saturated rings. The first-order chi connectivity index (χ1) is 13.1. The summed E-state index contributed by atoms with van der Waals surface area (Å²) >= 11 is 5.83. The number of rotatable bonds is 10. The molecule has 10 heteroatoms. The predicted molar refractivity (Wildman–Crippen MR) is 105 cm³/mol. The highest BCUT2D eigenvalue weighted by Crippen LogP contribution is 2.33. The van der Waals surface area contributed by atoms with Gasteiger partial charge in [-0.05, 0) is 52.5 Å². The minimum Gasteiger partial charge on any atom is -0.480 e. The number of carbonyl (C=O) groups is 2. The van der Waals surface area contributed by atoms with Gasteiger partial charge in [-0.15, -0.1) is 0 Å². The molecule has 1 heterocycles. The van der Waals surface area contributed by atoms with Crippen molar-refractivity contribution < 1.29 is 19.4 Å². The van der Waals surface area contributed by atoms with Crippen molar-refractivity contribution >= 4 is 29.4 Å². The Labute approximate surface area is 168 Å². The number of anilines is 1. The van der Waals surface area contributed by atoms with E-state index in [1.807, 2.05) is 20.8 Å². The van der Waals surface area contributed by atoms with Gasteiger partial charge < -0.3 is 20.5 Å². The quantitative estimate of drug-likeness (QED) is 0.388. The maximum Gasteiger partial charge on any atom is 0.323 e. The van der Waals surface area contributed by atoms with Crippen LogP contribution in [-0.2, 0) is 20.9 Å². The minimum atomic E-state index is -1.17. The van der Waals surface area contributed by atoms with Gasteiger partial charge >= 0.3 is 11.9 Å². The summed E-state index contributed by atoms with van der Waals surface area (Å²) in [6.45, 7) is 5.98. The fourth-order valence-corrected chi connectivity index (χ4v) is 2.85. The molecule has 1 unspecified atom stereocenters. The standard InChI is InChI=1S/C18H27ClN4O5/c1-18(2,3)28-17(27)14(11-5-6-11)20-7-4-8-21-15-16(26)23(10-13(24)25)12(19)9-22-15/h9,11,14,20H,4-8,10H2,1-3H3,(H,21,22)(H,24,25). The Hall–Kier alpha value is -2.13. The van der Waals surface area contributed by atoms with Crippen molar-refractivity contribution in [3.05, 3.63) is 21.7 Å². The Kier molecular flexibility index (Phi) is 7.42. The zero-order valence-corrected chi connectivity index (χ0v) is 17.1. The molecule has 1 aromatic heterocycles. The fourth-order valence-electron chi connectivity index (χ4n) is 2.66. The highest BCUT2D eigenvalue weighted by atomic mass is 35.5. The van der Waals surface area contributed by atoms with Gasteiger partial charge in [0, 0.05) is 6.54 Å². The zero-order chi connectivity index (χ0) is 20.9. The lowest BCUT2D eigenvalue weighted by molar-refractivity contribution is -0.158. The van der Waals surface area contributed by atoms with Gasteiger partial charge in [-0.25, -0.2) is 4.98 Å². The van der Waals surface area contributed by atoms with Gasteiger partial charge in [0.15, 0.2) is 5.82 Å². The van der Waals surface area contributed by atoms with E-state index >= 15 is 0 Å². The van der Waals surface area contributed by atoms with Crippen LogP contribution in [0.5, 0.6) is 0 Å². The number of hydrogen-bond acceptors (Lipinski definition) is 7. The number of aromatic nitrogens is 2. The molecule has 156 valence electrons. The molecule has 0 bridgehead atoms. The number of esters is 1. The molecule has 0 spiro atoms. The van der Waals surface area contributed by atoms with E-state index in [0.29, 0.717) is 25.4 Å². The molecule has 1 saturated carbocycles. The first-order valence-electron chi connectivity index (χ1n) is 9.25. The Balaban J connectivity index is 1.83. The third-order valence-corrected chi connectivity index (χ3v) is 4.37. The van der Waals surface area contributed by atoms with E-state index in [2.05, 4.69) is 15.6 Å². The first-order valence-corrected chi connectivity index (χ1v) is 9.63. The summed E-state index contributed by atoms with van der Waals surface area (Å²) in [5.41, 5.74) is -1.11. The second kappa shape index (κ2) is 9.38. The van der Waals surface area contributed by atoms with Crippen LogP contribution < -0.4 is 16.2 Å². The molecule has 2 rings (SSSR count). The molecule has 1 aliphatic carbocycles. The van der Waals surface area contributed by atoms with Crippen LogP contribution in [0.3, 0.4) is 0 Å². The van der Waals surface area contributed by atoms with E-state index < -0.39 is 23.7 Å². The van der Waals surface area contributed by atoms with Crippen LogP contribution in [0.2, 0.25) is 5.15 Å². The van der Waals surface area contributed by atoms with Gasteiger partial charge in [-0.3, -0.25) is 19.0 Å². The van der Waals surface area contributed by atoms with Gasteiger partial charge in [-0.2, -0.15) is 0 Å². The zero-order valence-electron chi connectivity index (χ0n) is 16.3. The Morgan fingerprint density at radius 2 is 2.07 bits per heavy atom. The monoisotopic (exact) mass is 414 g/mol. The summed E-state index contributed by atoms with van der Waals surface area (Å²) < 4.78 is 6.40. The summed E-state index contributed by atoms with van der Waals surface area (Å²) in [6.07, 6.45) is 3.88. The molecule has 1 atom stereocenters. The van der Waals surface area contributed by atoms with Crippen molar-refractivity contribution in [1.82, 2.24) is 14.9 Å². The lowest BCUT2D eigenvalue weighted by Gasteiger charge is -2.24. The lowest BCUT2D eigenvalue weighted by Crippen LogP contribution is -2.43. The van der Waals surface area contributed by atoms with E-state index in [1.54, 1.807) is 0 Å². The number of hydrogen-bond donors (Lipinski definition) is 3. The van der Waals surface area contributed by atoms with E-state index in [-0.39, 0.29) is 23.0 Å². The lowest BCUT2D eigenvalue weighted by atomic mass is 10.1. The molecule has 0 amide bonds. The number of nitrogens with zero attached hydrogens (tertiary/aromatic N) is 2. The van der Waals surface area contributed by atoms with E-state index in [4.69, 9.17) is 21.4 Å². The van der Waals surface area contributed by atoms with Gasteiger partial charge in [-0.1, -0.05) is 11.6 Å². The molecule has 1 aliphatic rings. The Bertz CT molecular complexity index is 770. The summed E-state index contributed by atoms with van der Waals surface area (Å²) in [5, 5.41) is 14.9. The Morgan fingerprint density at radius 1 is 1.39 bits per heavy atom. The number of nitrogens with one attached hydrogen (secondary N) is 2. The van der Waals surface area contributed by atoms with Crippen LogP contribution in [-0.4, -0.2) is 51.3 Å². The average Bonchev–Trinajstić information content (AvgIpc) is 3.39. The van der Waals surface area contributed by atoms with Gasteiger partial charge in [0.05, 0.1) is 6.20 Å². The first kappa shape index (κ1) is 22.2. The van der Waals surface area contributed by atoms with Crippen molar-refractivity contribution in [1.29, 1.82) is 0 Å². The number of halogens is 1. The molecule has 0 saturated heterocycles. The van der Waals surface area contributed by atoms with Gasteiger partial charge in [0.1, 0.15) is 23.3 Å². The maximum atomic E-state index is 12.3. The van der Waals surface area contributed by atoms with E-state index in [0.717, 1.165) is 17.4 Å². The van der Waals surface area contributed by atoms with Crippen LogP contribution in [0, 0.1) is 5.92 Å². The SMILES string of the molecule is CC(C)(C)OC(=O)C(NCCCNc1ncc(Cl)n(CC(=O)O)c1=O)C1CC1. The molecule has 3 N–H and O–H groups in total. The Morgan fingerprint density at radius 3 is 2.64 bits per heavy atom. The van der Waals surface area contributed by atoms with Crippen LogP contribution in [0.4, 0.5) is 5.82 Å². The number of carboxylic acids is 1. The van der Waals surface area contributed by atoms with Crippen molar-refractivity contribution in [2.75, 3.05) is 18.4 Å². The van der Waals surface area contributed by atoms with Crippen LogP contribution in [0.1, 0.15) is 40.0 Å². The number of carbonyl (C=O) groups excluding carboxylic acids is 1. The minimum absolute atomic E-state index is 0.0377. The van der Waals surface area contributed by atoms with Gasteiger partial charge in [0.25, 0.3) is 5.56 Å². The van der Waals surface area contributed by atoms with Crippen molar-refractivity contribution in [3.8, 4) is 0 Å². The normalized spacial score (nSPS) is 15.1. The number of aliphatic carboxylic acids is 1. The van der Waals surface area contributed by atoms with E-state index in [1.165, 1.54) is 6.20 Å². The van der Waals surface area contributed by atoms with Crippen LogP contribution in [0.25, 0.3) is 0 Å². The van der Waals surface area contributed by atoms with Crippen LogP contribution >= 0.6 is 11.6 Å². The second-order valence-electron chi connectivity index (χ2n) is 7.80. The fraction of sp³-hybridized carbons (Fsp3) is 0.667. The molecule has 0 aromatic carbocycles. The van der Waals surface area contributed by atoms with Crippen molar-refractivity contribution in [3.63, 3.8) is 0 Å². The second-order valence-corrected chi connectivity index (χ2v) is 8.18. The summed E-state index contributed by atoms with van der Waals surface area (Å²) in [5.74, 6) is -1.06. The highest BCUT2D eigenvalue weighted by molar-refractivity contribution is 6.29. The van der Waals surface area contributed by atoms with E-state index in [9.17, 15) is 14.4 Å². The van der Waals surface area contributed by atoms with Crippen LogP contribution in [0.15, 0.2) is 11.0 Å². The predicted octanol–water partition coefficient (Wildman–Crippen LogP) is 1.49. The number of ether oxygens (including phenoxy) is 1. The topological polar surface area (TPSA) is 123 Å². The molecular formula is C18H27ClN4O5. The third-order valence-electron chi connectivity index (χ3n) is 4.06. The molecule has 9 nitrogen and oxygen atoms in total. The largest absolute Gasteiger partial charge is 0.480 e. The van der Waals surface area contributed by atoms with Gasteiger partial charge in [0.2, 0.25) is 0 Å². The maximum absolute atomic E-state index is 12.3. The molecule has 1 aromatic rings. The average molecular weight is 415 g/mol.